The maximum atomic E-state index is 12.7. The zero-order valence-corrected chi connectivity index (χ0v) is 17.6. The van der Waals surface area contributed by atoms with Gasteiger partial charge in [-0.1, -0.05) is 43.1 Å². The van der Waals surface area contributed by atoms with Crippen LogP contribution in [0.3, 0.4) is 0 Å². The molecule has 3 aromatic rings. The van der Waals surface area contributed by atoms with Crippen LogP contribution in [0.2, 0.25) is 0 Å². The van der Waals surface area contributed by atoms with E-state index in [9.17, 15) is 4.79 Å². The molecule has 27 heavy (non-hydrogen) atoms. The second kappa shape index (κ2) is 7.94. The Morgan fingerprint density at radius 2 is 1.78 bits per heavy atom. The van der Waals surface area contributed by atoms with Gasteiger partial charge in [0.1, 0.15) is 0 Å². The van der Waals surface area contributed by atoms with Gasteiger partial charge in [-0.2, -0.15) is 4.98 Å². The van der Waals surface area contributed by atoms with E-state index in [0.717, 1.165) is 27.4 Å². The molecule has 0 saturated carbocycles. The van der Waals surface area contributed by atoms with Crippen LogP contribution >= 0.6 is 31.9 Å². The van der Waals surface area contributed by atoms with E-state index in [1.807, 2.05) is 53.4 Å². The smallest absolute Gasteiger partial charge is 0.253 e. The molecular weight excluding hydrogens is 474 g/mol. The van der Waals surface area contributed by atoms with Crippen LogP contribution in [-0.2, 0) is 0 Å². The highest BCUT2D eigenvalue weighted by molar-refractivity contribution is 9.10. The van der Waals surface area contributed by atoms with E-state index in [1.165, 1.54) is 0 Å². The van der Waals surface area contributed by atoms with Gasteiger partial charge in [0.05, 0.1) is 0 Å². The molecule has 0 unspecified atom stereocenters. The van der Waals surface area contributed by atoms with Gasteiger partial charge in [-0.05, 0) is 55.3 Å². The molecule has 0 spiro atoms. The fraction of sp³-hybridized carbons (Fsp3) is 0.250. The van der Waals surface area contributed by atoms with Crippen molar-refractivity contribution in [3.8, 4) is 11.4 Å². The van der Waals surface area contributed by atoms with Crippen molar-refractivity contribution < 1.29 is 9.32 Å². The molecule has 2 heterocycles. The number of nitrogens with zero attached hydrogens (tertiary/aromatic N) is 3. The SMILES string of the molecule is O=C(c1cccc(Br)c1)N1CCC(c2nc(-c3ccc(Br)cc3)no2)CC1. The van der Waals surface area contributed by atoms with Crippen molar-refractivity contribution in [3.05, 3.63) is 68.9 Å². The van der Waals surface area contributed by atoms with E-state index in [-0.39, 0.29) is 11.8 Å². The van der Waals surface area contributed by atoms with Gasteiger partial charge in [0, 0.05) is 39.1 Å². The van der Waals surface area contributed by atoms with E-state index < -0.39 is 0 Å². The van der Waals surface area contributed by atoms with Crippen LogP contribution in [0.15, 0.2) is 62.0 Å². The van der Waals surface area contributed by atoms with E-state index in [4.69, 9.17) is 4.52 Å². The predicted molar refractivity (Wildman–Crippen MR) is 109 cm³/mol. The molecule has 138 valence electrons. The average molecular weight is 491 g/mol. The van der Waals surface area contributed by atoms with Crippen LogP contribution in [0, 0.1) is 0 Å². The normalized spacial score (nSPS) is 15.1. The number of piperidine rings is 1. The summed E-state index contributed by atoms with van der Waals surface area (Å²) in [6.45, 7) is 1.37. The van der Waals surface area contributed by atoms with Crippen LogP contribution < -0.4 is 0 Å². The molecule has 2 aromatic carbocycles. The van der Waals surface area contributed by atoms with Crippen LogP contribution in [0.5, 0.6) is 0 Å². The number of hydrogen-bond acceptors (Lipinski definition) is 4. The Kier molecular flexibility index (Phi) is 5.41. The topological polar surface area (TPSA) is 59.2 Å². The number of benzene rings is 2. The van der Waals surface area contributed by atoms with Crippen LogP contribution in [0.4, 0.5) is 0 Å². The summed E-state index contributed by atoms with van der Waals surface area (Å²) in [5.74, 6) is 1.51. The van der Waals surface area contributed by atoms with Gasteiger partial charge in [0.2, 0.25) is 11.7 Å². The first kappa shape index (κ1) is 18.4. The number of aromatic nitrogens is 2. The monoisotopic (exact) mass is 489 g/mol. The van der Waals surface area contributed by atoms with Crippen LogP contribution in [0.1, 0.15) is 35.0 Å². The number of hydrogen-bond donors (Lipinski definition) is 0. The van der Waals surface area contributed by atoms with Gasteiger partial charge in [0.25, 0.3) is 5.91 Å². The van der Waals surface area contributed by atoms with Crippen molar-refractivity contribution in [2.75, 3.05) is 13.1 Å². The minimum absolute atomic E-state index is 0.0656. The molecule has 4 rings (SSSR count). The lowest BCUT2D eigenvalue weighted by Crippen LogP contribution is -2.38. The molecule has 1 saturated heterocycles. The Morgan fingerprint density at radius 1 is 1.04 bits per heavy atom. The van der Waals surface area contributed by atoms with Gasteiger partial charge < -0.3 is 9.42 Å². The molecule has 0 atom stereocenters. The molecule has 0 aliphatic carbocycles. The largest absolute Gasteiger partial charge is 0.339 e. The Labute approximate surface area is 174 Å². The highest BCUT2D eigenvalue weighted by atomic mass is 79.9. The fourth-order valence-electron chi connectivity index (χ4n) is 3.25. The molecule has 1 aromatic heterocycles. The summed E-state index contributed by atoms with van der Waals surface area (Å²) < 4.78 is 7.43. The lowest BCUT2D eigenvalue weighted by molar-refractivity contribution is 0.0704. The Balaban J connectivity index is 1.41. The number of likely N-dealkylation sites (tertiary alicyclic amines) is 1. The van der Waals surface area contributed by atoms with E-state index in [1.54, 1.807) is 0 Å². The van der Waals surface area contributed by atoms with Gasteiger partial charge in [-0.3, -0.25) is 4.79 Å². The third kappa shape index (κ3) is 4.14. The minimum Gasteiger partial charge on any atom is -0.339 e. The second-order valence-electron chi connectivity index (χ2n) is 6.54. The highest BCUT2D eigenvalue weighted by Crippen LogP contribution is 2.29. The summed E-state index contributed by atoms with van der Waals surface area (Å²) >= 11 is 6.84. The van der Waals surface area contributed by atoms with Crippen molar-refractivity contribution >= 4 is 37.8 Å². The Morgan fingerprint density at radius 3 is 2.48 bits per heavy atom. The molecule has 0 radical (unpaired) electrons. The molecule has 0 N–H and O–H groups in total. The van der Waals surface area contributed by atoms with Crippen molar-refractivity contribution in [2.24, 2.45) is 0 Å². The molecule has 5 nitrogen and oxygen atoms in total. The third-order valence-electron chi connectivity index (χ3n) is 4.75. The molecule has 1 aliphatic rings. The summed E-state index contributed by atoms with van der Waals surface area (Å²) in [5.41, 5.74) is 1.63. The number of rotatable bonds is 3. The highest BCUT2D eigenvalue weighted by Gasteiger charge is 2.28. The number of halogens is 2. The zero-order chi connectivity index (χ0) is 18.8. The first-order valence-electron chi connectivity index (χ1n) is 8.74. The maximum absolute atomic E-state index is 12.7. The van der Waals surface area contributed by atoms with Gasteiger partial charge >= 0.3 is 0 Å². The van der Waals surface area contributed by atoms with E-state index >= 15 is 0 Å². The summed E-state index contributed by atoms with van der Waals surface area (Å²) in [6.07, 6.45) is 1.64. The molecule has 0 bridgehead atoms. The first-order valence-corrected chi connectivity index (χ1v) is 10.3. The number of carbonyl (C=O) groups excluding carboxylic acids is 1. The van der Waals surface area contributed by atoms with Crippen LogP contribution in [0.25, 0.3) is 11.4 Å². The van der Waals surface area contributed by atoms with Gasteiger partial charge in [-0.25, -0.2) is 0 Å². The molecule has 1 amide bonds. The van der Waals surface area contributed by atoms with Gasteiger partial charge in [-0.15, -0.1) is 0 Å². The Bertz CT molecular complexity index is 948. The number of amides is 1. The van der Waals surface area contributed by atoms with Crippen LogP contribution in [-0.4, -0.2) is 34.0 Å². The molecule has 1 fully saturated rings. The lowest BCUT2D eigenvalue weighted by atomic mass is 9.96. The average Bonchev–Trinajstić information content (AvgIpc) is 3.18. The predicted octanol–water partition coefficient (Wildman–Crippen LogP) is 5.28. The standard InChI is InChI=1S/C20H17Br2N3O2/c21-16-6-4-13(5-7-16)18-23-19(27-24-18)14-8-10-25(11-9-14)20(26)15-2-1-3-17(22)12-15/h1-7,12,14H,8-11H2. The third-order valence-corrected chi connectivity index (χ3v) is 5.77. The molecular formula is C20H17Br2N3O2. The molecule has 1 aliphatic heterocycles. The lowest BCUT2D eigenvalue weighted by Gasteiger charge is -2.30. The van der Waals surface area contributed by atoms with E-state index in [0.29, 0.717) is 30.4 Å². The summed E-state index contributed by atoms with van der Waals surface area (Å²) in [7, 11) is 0. The van der Waals surface area contributed by atoms with Crippen molar-refractivity contribution in [2.45, 2.75) is 18.8 Å². The van der Waals surface area contributed by atoms with Crippen molar-refractivity contribution in [3.63, 3.8) is 0 Å². The summed E-state index contributed by atoms with van der Waals surface area (Å²) in [6, 6.07) is 15.3. The minimum atomic E-state index is 0.0656. The Hall–Kier alpha value is -1.99. The maximum Gasteiger partial charge on any atom is 0.253 e. The first-order chi connectivity index (χ1) is 13.1. The number of carbonyl (C=O) groups is 1. The second-order valence-corrected chi connectivity index (χ2v) is 8.37. The molecule has 7 heteroatoms. The van der Waals surface area contributed by atoms with Crippen molar-refractivity contribution in [1.82, 2.24) is 15.0 Å². The quantitative estimate of drug-likeness (QED) is 0.501. The summed E-state index contributed by atoms with van der Waals surface area (Å²) in [4.78, 5) is 19.1. The van der Waals surface area contributed by atoms with Gasteiger partial charge in [0.15, 0.2) is 0 Å². The van der Waals surface area contributed by atoms with Crippen molar-refractivity contribution in [1.29, 1.82) is 0 Å². The van der Waals surface area contributed by atoms with E-state index in [2.05, 4.69) is 42.0 Å². The fourth-order valence-corrected chi connectivity index (χ4v) is 3.91. The summed E-state index contributed by atoms with van der Waals surface area (Å²) in [5, 5.41) is 4.12. The zero-order valence-electron chi connectivity index (χ0n) is 14.4.